The van der Waals surface area contributed by atoms with Gasteiger partial charge in [-0.15, -0.1) is 0 Å². The summed E-state index contributed by atoms with van der Waals surface area (Å²) in [4.78, 5) is 0. The number of benzene rings is 3. The summed E-state index contributed by atoms with van der Waals surface area (Å²) in [6.07, 6.45) is 0.372. The molecule has 0 radical (unpaired) electrons. The molecule has 1 atom stereocenters. The van der Waals surface area contributed by atoms with Crippen molar-refractivity contribution in [2.45, 2.75) is 19.1 Å². The Kier molecular flexibility index (Phi) is 6.21. The zero-order chi connectivity index (χ0) is 20.9. The van der Waals surface area contributed by atoms with E-state index >= 15 is 0 Å². The molecule has 1 heterocycles. The SMILES string of the molecule is COc1ccc(CCNC[C@@H](O)Cn2c3ccccc3c3ccccc32)cc1OC. The number of aromatic nitrogens is 1. The molecule has 0 aliphatic heterocycles. The Morgan fingerprint density at radius 1 is 0.867 bits per heavy atom. The van der Waals surface area contributed by atoms with Crippen molar-refractivity contribution in [3.63, 3.8) is 0 Å². The lowest BCUT2D eigenvalue weighted by Crippen LogP contribution is -2.31. The van der Waals surface area contributed by atoms with Gasteiger partial charge in [0.1, 0.15) is 0 Å². The van der Waals surface area contributed by atoms with Crippen LogP contribution in [0.15, 0.2) is 66.7 Å². The second-order valence-electron chi connectivity index (χ2n) is 7.44. The number of nitrogens with one attached hydrogen (secondary N) is 1. The number of hydrogen-bond acceptors (Lipinski definition) is 4. The van der Waals surface area contributed by atoms with Crippen LogP contribution in [0.25, 0.3) is 21.8 Å². The molecule has 0 amide bonds. The Labute approximate surface area is 176 Å². The summed E-state index contributed by atoms with van der Waals surface area (Å²) in [5.41, 5.74) is 3.48. The van der Waals surface area contributed by atoms with Crippen LogP contribution in [0.1, 0.15) is 5.56 Å². The highest BCUT2D eigenvalue weighted by atomic mass is 16.5. The van der Waals surface area contributed by atoms with Crippen molar-refractivity contribution in [2.75, 3.05) is 27.3 Å². The second kappa shape index (κ2) is 9.20. The molecule has 30 heavy (non-hydrogen) atoms. The zero-order valence-corrected chi connectivity index (χ0v) is 17.5. The van der Waals surface area contributed by atoms with Crippen LogP contribution in [-0.4, -0.2) is 43.1 Å². The molecule has 4 rings (SSSR count). The van der Waals surface area contributed by atoms with Crippen molar-refractivity contribution in [1.29, 1.82) is 0 Å². The summed E-state index contributed by atoms with van der Waals surface area (Å²) in [5, 5.41) is 16.5. The van der Waals surface area contributed by atoms with Crippen LogP contribution in [0.2, 0.25) is 0 Å². The fourth-order valence-electron chi connectivity index (χ4n) is 4.01. The molecule has 4 aromatic rings. The number of rotatable bonds is 9. The van der Waals surface area contributed by atoms with Crippen LogP contribution < -0.4 is 14.8 Å². The van der Waals surface area contributed by atoms with E-state index in [4.69, 9.17) is 9.47 Å². The number of fused-ring (bicyclic) bond motifs is 3. The zero-order valence-electron chi connectivity index (χ0n) is 17.5. The Bertz CT molecular complexity index is 1080. The molecule has 0 aliphatic rings. The van der Waals surface area contributed by atoms with Crippen LogP contribution in [0, 0.1) is 0 Å². The van der Waals surface area contributed by atoms with E-state index in [1.54, 1.807) is 14.2 Å². The van der Waals surface area contributed by atoms with Gasteiger partial charge in [0.15, 0.2) is 11.5 Å². The maximum absolute atomic E-state index is 10.7. The minimum absolute atomic E-state index is 0.477. The number of ether oxygens (including phenoxy) is 2. The van der Waals surface area contributed by atoms with Crippen LogP contribution in [0.3, 0.4) is 0 Å². The standard InChI is InChI=1S/C25H28N2O3/c1-29-24-12-11-18(15-25(24)30-2)13-14-26-16-19(28)17-27-22-9-5-3-7-20(22)21-8-4-6-10-23(21)27/h3-12,15,19,26,28H,13-14,16-17H2,1-2H3/t19-/m1/s1. The number of nitrogens with zero attached hydrogens (tertiary/aromatic N) is 1. The molecule has 0 aliphatic carbocycles. The molecule has 1 aromatic heterocycles. The van der Waals surface area contributed by atoms with E-state index in [1.165, 1.54) is 10.8 Å². The van der Waals surface area contributed by atoms with Gasteiger partial charge in [-0.1, -0.05) is 42.5 Å². The van der Waals surface area contributed by atoms with Gasteiger partial charge in [0.25, 0.3) is 0 Å². The van der Waals surface area contributed by atoms with Gasteiger partial charge >= 0.3 is 0 Å². The summed E-state index contributed by atoms with van der Waals surface area (Å²) in [7, 11) is 3.28. The fourth-order valence-corrected chi connectivity index (χ4v) is 4.01. The average molecular weight is 405 g/mol. The Balaban J connectivity index is 1.37. The van der Waals surface area contributed by atoms with Gasteiger partial charge in [0.05, 0.1) is 26.9 Å². The van der Waals surface area contributed by atoms with E-state index in [1.807, 2.05) is 30.3 Å². The van der Waals surface area contributed by atoms with Gasteiger partial charge < -0.3 is 24.5 Å². The number of methoxy groups -OCH3 is 2. The molecule has 0 fully saturated rings. The first kappa shape index (κ1) is 20.3. The largest absolute Gasteiger partial charge is 0.493 e. The van der Waals surface area contributed by atoms with E-state index in [-0.39, 0.29) is 0 Å². The topological polar surface area (TPSA) is 55.6 Å². The van der Waals surface area contributed by atoms with Crippen molar-refractivity contribution in [3.05, 3.63) is 72.3 Å². The van der Waals surface area contributed by atoms with Crippen molar-refractivity contribution >= 4 is 21.8 Å². The molecule has 2 N–H and O–H groups in total. The van der Waals surface area contributed by atoms with Crippen molar-refractivity contribution in [2.24, 2.45) is 0 Å². The maximum Gasteiger partial charge on any atom is 0.160 e. The number of aliphatic hydroxyl groups is 1. The first-order valence-corrected chi connectivity index (χ1v) is 10.3. The van der Waals surface area contributed by atoms with Crippen molar-refractivity contribution in [1.82, 2.24) is 9.88 Å². The monoisotopic (exact) mass is 404 g/mol. The van der Waals surface area contributed by atoms with Gasteiger partial charge in [-0.25, -0.2) is 0 Å². The van der Waals surface area contributed by atoms with Gasteiger partial charge in [0.2, 0.25) is 0 Å². The van der Waals surface area contributed by atoms with Crippen LogP contribution >= 0.6 is 0 Å². The third-order valence-corrected chi connectivity index (χ3v) is 5.49. The highest BCUT2D eigenvalue weighted by Gasteiger charge is 2.13. The van der Waals surface area contributed by atoms with Gasteiger partial charge in [-0.05, 0) is 42.8 Å². The van der Waals surface area contributed by atoms with E-state index in [9.17, 15) is 5.11 Å². The number of para-hydroxylation sites is 2. The molecule has 5 heteroatoms. The van der Waals surface area contributed by atoms with Crippen molar-refractivity contribution in [3.8, 4) is 11.5 Å². The van der Waals surface area contributed by atoms with Crippen LogP contribution in [0.5, 0.6) is 11.5 Å². The minimum atomic E-state index is -0.477. The summed E-state index contributed by atoms with van der Waals surface area (Å²) in [6, 6.07) is 22.7. The number of hydrogen-bond donors (Lipinski definition) is 2. The Morgan fingerprint density at radius 3 is 2.13 bits per heavy atom. The van der Waals surface area contributed by atoms with Gasteiger partial charge in [0, 0.05) is 28.4 Å². The fraction of sp³-hybridized carbons (Fsp3) is 0.280. The molecular weight excluding hydrogens is 376 g/mol. The summed E-state index contributed by atoms with van der Waals surface area (Å²) < 4.78 is 12.9. The molecule has 0 bridgehead atoms. The predicted molar refractivity (Wildman–Crippen MR) is 122 cm³/mol. The first-order valence-electron chi connectivity index (χ1n) is 10.3. The minimum Gasteiger partial charge on any atom is -0.493 e. The quantitative estimate of drug-likeness (QED) is 0.414. The molecule has 0 saturated heterocycles. The molecule has 0 unspecified atom stereocenters. The van der Waals surface area contributed by atoms with Crippen LogP contribution in [0.4, 0.5) is 0 Å². The Hall–Kier alpha value is -3.02. The predicted octanol–water partition coefficient (Wildman–Crippen LogP) is 4.00. The van der Waals surface area contributed by atoms with E-state index < -0.39 is 6.10 Å². The summed E-state index contributed by atoms with van der Waals surface area (Å²) in [6.45, 7) is 1.87. The van der Waals surface area contributed by atoms with Gasteiger partial charge in [-0.2, -0.15) is 0 Å². The first-order chi connectivity index (χ1) is 14.7. The average Bonchev–Trinajstić information content (AvgIpc) is 3.10. The van der Waals surface area contributed by atoms with E-state index in [0.29, 0.717) is 13.1 Å². The highest BCUT2D eigenvalue weighted by molar-refractivity contribution is 6.07. The normalized spacial score (nSPS) is 12.4. The lowest BCUT2D eigenvalue weighted by atomic mass is 10.1. The summed E-state index contributed by atoms with van der Waals surface area (Å²) >= 11 is 0. The maximum atomic E-state index is 10.7. The molecule has 5 nitrogen and oxygen atoms in total. The van der Waals surface area contributed by atoms with Crippen molar-refractivity contribution < 1.29 is 14.6 Å². The highest BCUT2D eigenvalue weighted by Crippen LogP contribution is 2.29. The number of aliphatic hydroxyl groups excluding tert-OH is 1. The lowest BCUT2D eigenvalue weighted by molar-refractivity contribution is 0.154. The molecule has 0 spiro atoms. The second-order valence-corrected chi connectivity index (χ2v) is 7.44. The molecule has 3 aromatic carbocycles. The molecule has 0 saturated carbocycles. The molecular formula is C25H28N2O3. The third kappa shape index (κ3) is 4.13. The smallest absolute Gasteiger partial charge is 0.160 e. The molecule has 156 valence electrons. The van der Waals surface area contributed by atoms with E-state index in [0.717, 1.165) is 41.1 Å². The Morgan fingerprint density at radius 2 is 1.50 bits per heavy atom. The third-order valence-electron chi connectivity index (χ3n) is 5.49. The lowest BCUT2D eigenvalue weighted by Gasteiger charge is -2.15. The van der Waals surface area contributed by atoms with Crippen LogP contribution in [-0.2, 0) is 13.0 Å². The summed E-state index contributed by atoms with van der Waals surface area (Å²) in [5.74, 6) is 1.47. The van der Waals surface area contributed by atoms with E-state index in [2.05, 4.69) is 46.3 Å². The van der Waals surface area contributed by atoms with Gasteiger partial charge in [-0.3, -0.25) is 0 Å².